The Morgan fingerprint density at radius 1 is 0.829 bits per heavy atom. The molecule has 0 aliphatic rings. The summed E-state index contributed by atoms with van der Waals surface area (Å²) in [4.78, 5) is 39.8. The molecule has 0 aliphatic carbocycles. The molecule has 2 aromatic carbocycles. The van der Waals surface area contributed by atoms with E-state index in [1.165, 1.54) is 0 Å². The first kappa shape index (κ1) is 25.2. The molecular weight excluding hydrogens is 446 g/mol. The van der Waals surface area contributed by atoms with Crippen molar-refractivity contribution in [3.8, 4) is 11.1 Å². The SMILES string of the molecule is O=C(O)CC(NC(=O)CNC(=O)NCCCNc1ccccn1)c1ccc(-c2ccccc2)cc1. The van der Waals surface area contributed by atoms with E-state index in [0.717, 1.165) is 16.9 Å². The van der Waals surface area contributed by atoms with Gasteiger partial charge in [-0.25, -0.2) is 9.78 Å². The molecule has 1 aromatic heterocycles. The summed E-state index contributed by atoms with van der Waals surface area (Å²) in [6.45, 7) is 0.788. The third-order valence-corrected chi connectivity index (χ3v) is 5.15. The number of nitrogens with one attached hydrogen (secondary N) is 4. The fraction of sp³-hybridized carbons (Fsp3) is 0.231. The lowest BCUT2D eigenvalue weighted by Gasteiger charge is -2.18. The minimum Gasteiger partial charge on any atom is -0.481 e. The summed E-state index contributed by atoms with van der Waals surface area (Å²) in [6, 6.07) is 21.6. The van der Waals surface area contributed by atoms with Crippen LogP contribution < -0.4 is 21.3 Å². The van der Waals surface area contributed by atoms with Gasteiger partial charge in [0, 0.05) is 19.3 Å². The average molecular weight is 476 g/mol. The van der Waals surface area contributed by atoms with Crippen molar-refractivity contribution >= 4 is 23.7 Å². The number of carboxylic acid groups (broad SMARTS) is 1. The number of aromatic nitrogens is 1. The molecule has 5 N–H and O–H groups in total. The summed E-state index contributed by atoms with van der Waals surface area (Å²) in [7, 11) is 0. The largest absolute Gasteiger partial charge is 0.481 e. The Kier molecular flexibility index (Phi) is 9.62. The Morgan fingerprint density at radius 3 is 2.23 bits per heavy atom. The topological polar surface area (TPSA) is 132 Å². The zero-order valence-corrected chi connectivity index (χ0v) is 19.2. The third-order valence-electron chi connectivity index (χ3n) is 5.15. The van der Waals surface area contributed by atoms with E-state index >= 15 is 0 Å². The van der Waals surface area contributed by atoms with Crippen molar-refractivity contribution in [2.45, 2.75) is 18.9 Å². The predicted octanol–water partition coefficient (Wildman–Crippen LogP) is 3.18. The number of aliphatic carboxylic acids is 1. The molecular formula is C26H29N5O4. The Hall–Kier alpha value is -4.40. The first-order valence-electron chi connectivity index (χ1n) is 11.3. The zero-order chi connectivity index (χ0) is 24.9. The highest BCUT2D eigenvalue weighted by Crippen LogP contribution is 2.23. The molecule has 0 fully saturated rings. The van der Waals surface area contributed by atoms with E-state index in [0.29, 0.717) is 25.1 Å². The van der Waals surface area contributed by atoms with E-state index in [2.05, 4.69) is 26.3 Å². The van der Waals surface area contributed by atoms with Gasteiger partial charge in [0.15, 0.2) is 0 Å². The Balaban J connectivity index is 1.42. The number of carbonyl (C=O) groups excluding carboxylic acids is 2. The molecule has 0 saturated heterocycles. The van der Waals surface area contributed by atoms with Gasteiger partial charge in [-0.05, 0) is 35.2 Å². The summed E-state index contributed by atoms with van der Waals surface area (Å²) in [5.74, 6) is -0.748. The van der Waals surface area contributed by atoms with Crippen LogP contribution in [0.2, 0.25) is 0 Å². The van der Waals surface area contributed by atoms with Gasteiger partial charge >= 0.3 is 12.0 Å². The number of nitrogens with zero attached hydrogens (tertiary/aromatic N) is 1. The lowest BCUT2D eigenvalue weighted by molar-refractivity contribution is -0.137. The smallest absolute Gasteiger partial charge is 0.315 e. The molecule has 3 amide bonds. The number of hydrogen-bond donors (Lipinski definition) is 5. The Labute approximate surface area is 204 Å². The van der Waals surface area contributed by atoms with E-state index in [9.17, 15) is 19.5 Å². The van der Waals surface area contributed by atoms with Crippen LogP contribution in [-0.2, 0) is 9.59 Å². The summed E-state index contributed by atoms with van der Waals surface area (Å²) in [5, 5.41) is 20.3. The number of carboxylic acids is 1. The van der Waals surface area contributed by atoms with Crippen LogP contribution in [0.1, 0.15) is 24.4 Å². The molecule has 0 spiro atoms. The third kappa shape index (κ3) is 8.81. The second-order valence-electron chi connectivity index (χ2n) is 7.81. The van der Waals surface area contributed by atoms with Gasteiger partial charge in [0.1, 0.15) is 5.82 Å². The second kappa shape index (κ2) is 13.3. The minimum absolute atomic E-state index is 0.268. The summed E-state index contributed by atoms with van der Waals surface area (Å²) in [6.07, 6.45) is 2.10. The fourth-order valence-electron chi connectivity index (χ4n) is 3.41. The van der Waals surface area contributed by atoms with Crippen LogP contribution in [0.25, 0.3) is 11.1 Å². The number of hydrogen-bond acceptors (Lipinski definition) is 5. The fourth-order valence-corrected chi connectivity index (χ4v) is 3.41. The maximum absolute atomic E-state index is 12.4. The van der Waals surface area contributed by atoms with Crippen LogP contribution >= 0.6 is 0 Å². The molecule has 9 heteroatoms. The summed E-state index contributed by atoms with van der Waals surface area (Å²) < 4.78 is 0. The lowest BCUT2D eigenvalue weighted by Crippen LogP contribution is -2.43. The monoisotopic (exact) mass is 475 g/mol. The molecule has 0 radical (unpaired) electrons. The van der Waals surface area contributed by atoms with Crippen molar-refractivity contribution < 1.29 is 19.5 Å². The standard InChI is InChI=1S/C26H29N5O4/c32-24(18-30-26(35)29-16-6-15-28-23-9-4-5-14-27-23)31-22(17-25(33)34)21-12-10-20(11-13-21)19-7-2-1-3-8-19/h1-5,7-14,22H,6,15-18H2,(H,27,28)(H,31,32)(H,33,34)(H2,29,30,35). The van der Waals surface area contributed by atoms with Gasteiger partial charge < -0.3 is 26.4 Å². The van der Waals surface area contributed by atoms with Gasteiger partial charge in [-0.2, -0.15) is 0 Å². The number of urea groups is 1. The number of carbonyl (C=O) groups is 3. The minimum atomic E-state index is -1.03. The molecule has 1 heterocycles. The molecule has 0 aliphatic heterocycles. The van der Waals surface area contributed by atoms with E-state index in [1.54, 1.807) is 18.3 Å². The van der Waals surface area contributed by atoms with Crippen molar-refractivity contribution in [1.82, 2.24) is 20.9 Å². The Bertz CT molecular complexity index is 1090. The second-order valence-corrected chi connectivity index (χ2v) is 7.81. The maximum atomic E-state index is 12.4. The molecule has 0 bridgehead atoms. The van der Waals surface area contributed by atoms with E-state index in [4.69, 9.17) is 0 Å². The molecule has 1 atom stereocenters. The van der Waals surface area contributed by atoms with Crippen LogP contribution in [0.4, 0.5) is 10.6 Å². The van der Waals surface area contributed by atoms with Crippen molar-refractivity contribution in [3.63, 3.8) is 0 Å². The summed E-state index contributed by atoms with van der Waals surface area (Å²) >= 11 is 0. The number of amides is 3. The van der Waals surface area contributed by atoms with Crippen LogP contribution in [0.3, 0.4) is 0 Å². The van der Waals surface area contributed by atoms with E-state index in [1.807, 2.05) is 60.7 Å². The first-order chi connectivity index (χ1) is 17.0. The molecule has 0 saturated carbocycles. The molecule has 3 rings (SSSR count). The molecule has 1 unspecified atom stereocenters. The lowest BCUT2D eigenvalue weighted by atomic mass is 9.99. The van der Waals surface area contributed by atoms with Crippen molar-refractivity contribution in [2.24, 2.45) is 0 Å². The van der Waals surface area contributed by atoms with Gasteiger partial charge in [-0.3, -0.25) is 9.59 Å². The number of pyridine rings is 1. The zero-order valence-electron chi connectivity index (χ0n) is 19.2. The highest BCUT2D eigenvalue weighted by molar-refractivity contribution is 5.84. The van der Waals surface area contributed by atoms with Crippen molar-refractivity contribution in [1.29, 1.82) is 0 Å². The van der Waals surface area contributed by atoms with Crippen LogP contribution in [-0.4, -0.2) is 47.6 Å². The number of anilines is 1. The van der Waals surface area contributed by atoms with Crippen LogP contribution in [0, 0.1) is 0 Å². The van der Waals surface area contributed by atoms with Gasteiger partial charge in [-0.15, -0.1) is 0 Å². The van der Waals surface area contributed by atoms with Gasteiger partial charge in [-0.1, -0.05) is 60.7 Å². The van der Waals surface area contributed by atoms with Crippen molar-refractivity contribution in [3.05, 3.63) is 84.6 Å². The summed E-state index contributed by atoms with van der Waals surface area (Å²) in [5.41, 5.74) is 2.70. The van der Waals surface area contributed by atoms with E-state index < -0.39 is 23.9 Å². The van der Waals surface area contributed by atoms with Gasteiger partial charge in [0.25, 0.3) is 0 Å². The average Bonchev–Trinajstić information content (AvgIpc) is 2.88. The quantitative estimate of drug-likeness (QED) is 0.256. The Morgan fingerprint density at radius 2 is 1.54 bits per heavy atom. The number of rotatable bonds is 12. The van der Waals surface area contributed by atoms with Crippen molar-refractivity contribution in [2.75, 3.05) is 25.0 Å². The van der Waals surface area contributed by atoms with Gasteiger partial charge in [0.2, 0.25) is 5.91 Å². The molecule has 35 heavy (non-hydrogen) atoms. The van der Waals surface area contributed by atoms with Crippen LogP contribution in [0.5, 0.6) is 0 Å². The normalized spacial score (nSPS) is 11.2. The first-order valence-corrected chi connectivity index (χ1v) is 11.3. The van der Waals surface area contributed by atoms with Crippen LogP contribution in [0.15, 0.2) is 79.0 Å². The highest BCUT2D eigenvalue weighted by Gasteiger charge is 2.18. The molecule has 9 nitrogen and oxygen atoms in total. The molecule has 182 valence electrons. The predicted molar refractivity (Wildman–Crippen MR) is 134 cm³/mol. The van der Waals surface area contributed by atoms with E-state index in [-0.39, 0.29) is 13.0 Å². The highest BCUT2D eigenvalue weighted by atomic mass is 16.4. The van der Waals surface area contributed by atoms with Gasteiger partial charge in [0.05, 0.1) is 19.0 Å². The number of benzene rings is 2. The molecule has 3 aromatic rings. The maximum Gasteiger partial charge on any atom is 0.315 e.